The Hall–Kier alpha value is -3.42. The first-order chi connectivity index (χ1) is 15.2. The summed E-state index contributed by atoms with van der Waals surface area (Å²) in [5, 5.41) is 6.46. The fourth-order valence-corrected chi connectivity index (χ4v) is 4.81. The van der Waals surface area contributed by atoms with E-state index < -0.39 is 0 Å². The monoisotopic (exact) mass is 445 g/mol. The Balaban J connectivity index is 1.37. The summed E-state index contributed by atoms with van der Waals surface area (Å²) in [4.78, 5) is 13.4. The summed E-state index contributed by atoms with van der Waals surface area (Å²) in [5.41, 5.74) is 2.97. The van der Waals surface area contributed by atoms with Crippen LogP contribution in [-0.2, 0) is 6.61 Å². The molecule has 0 radical (unpaired) electrons. The molecule has 0 spiro atoms. The number of rotatable bonds is 5. The number of nitrogens with zero attached hydrogens (tertiary/aromatic N) is 1. The van der Waals surface area contributed by atoms with E-state index in [4.69, 9.17) is 17.0 Å². The minimum atomic E-state index is -0.359. The van der Waals surface area contributed by atoms with Crippen LogP contribution < -0.4 is 15.4 Å². The van der Waals surface area contributed by atoms with Crippen molar-refractivity contribution in [2.75, 3.05) is 5.32 Å². The van der Waals surface area contributed by atoms with Gasteiger partial charge in [0.25, 0.3) is 5.91 Å². The van der Waals surface area contributed by atoms with Crippen LogP contribution in [0.1, 0.15) is 27.0 Å². The number of carbonyl (C=O) groups excluding carboxylic acids is 1. The van der Waals surface area contributed by atoms with Crippen LogP contribution in [0.2, 0.25) is 0 Å². The van der Waals surface area contributed by atoms with Crippen molar-refractivity contribution in [3.05, 3.63) is 105 Å². The highest BCUT2D eigenvalue weighted by molar-refractivity contribution is 7.73. The molecule has 0 fully saturated rings. The van der Waals surface area contributed by atoms with Crippen molar-refractivity contribution in [3.63, 3.8) is 0 Å². The van der Waals surface area contributed by atoms with Crippen molar-refractivity contribution >= 4 is 35.3 Å². The highest BCUT2D eigenvalue weighted by Gasteiger charge is 2.29. The summed E-state index contributed by atoms with van der Waals surface area (Å²) >= 11 is 6.85. The number of nitrogens with one attached hydrogen (secondary N) is 2. The molecule has 5 rings (SSSR count). The largest absolute Gasteiger partial charge is 0.489 e. The molecule has 1 atom stereocenters. The van der Waals surface area contributed by atoms with Crippen LogP contribution in [0.3, 0.4) is 0 Å². The second-order valence-electron chi connectivity index (χ2n) is 7.11. The van der Waals surface area contributed by atoms with E-state index in [0.29, 0.717) is 15.4 Å². The van der Waals surface area contributed by atoms with Crippen LogP contribution in [0.25, 0.3) is 5.69 Å². The van der Waals surface area contributed by atoms with Gasteiger partial charge in [0.05, 0.1) is 0 Å². The Morgan fingerprint density at radius 2 is 1.58 bits per heavy atom. The second-order valence-corrected chi connectivity index (χ2v) is 8.75. The van der Waals surface area contributed by atoms with Crippen molar-refractivity contribution in [1.82, 2.24) is 9.88 Å². The zero-order valence-corrected chi connectivity index (χ0v) is 18.1. The molecule has 0 saturated carbocycles. The van der Waals surface area contributed by atoms with E-state index in [0.717, 1.165) is 28.4 Å². The van der Waals surface area contributed by atoms with Gasteiger partial charge in [0.15, 0.2) is 3.95 Å². The van der Waals surface area contributed by atoms with Gasteiger partial charge in [-0.2, -0.15) is 0 Å². The fourth-order valence-electron chi connectivity index (χ4n) is 3.50. The molecular weight excluding hydrogens is 426 g/mol. The number of carbonyl (C=O) groups is 1. The summed E-state index contributed by atoms with van der Waals surface area (Å²) in [5.74, 6) is 1.37. The maximum Gasteiger partial charge on any atom is 0.267 e. The van der Waals surface area contributed by atoms with Gasteiger partial charge in [-0.3, -0.25) is 9.36 Å². The quantitative estimate of drug-likeness (QED) is 0.387. The average molecular weight is 446 g/mol. The van der Waals surface area contributed by atoms with Gasteiger partial charge in [-0.25, -0.2) is 0 Å². The summed E-state index contributed by atoms with van der Waals surface area (Å²) in [6.07, 6.45) is -0.359. The molecule has 4 aromatic rings. The number of para-hydroxylation sites is 1. The number of hydrogen-bond acceptors (Lipinski definition) is 5. The summed E-state index contributed by atoms with van der Waals surface area (Å²) in [6, 6.07) is 27.6. The Morgan fingerprint density at radius 3 is 2.29 bits per heavy atom. The average Bonchev–Trinajstić information content (AvgIpc) is 3.16. The zero-order valence-electron chi connectivity index (χ0n) is 16.4. The predicted molar refractivity (Wildman–Crippen MR) is 126 cm³/mol. The van der Waals surface area contributed by atoms with Crippen LogP contribution in [-0.4, -0.2) is 10.5 Å². The molecule has 154 valence electrons. The van der Waals surface area contributed by atoms with Gasteiger partial charge in [-0.05, 0) is 47.6 Å². The summed E-state index contributed by atoms with van der Waals surface area (Å²) < 4.78 is 8.41. The third-order valence-corrected chi connectivity index (χ3v) is 6.42. The Morgan fingerprint density at radius 1 is 0.903 bits per heavy atom. The lowest BCUT2D eigenvalue weighted by Gasteiger charge is -2.27. The Bertz CT molecular complexity index is 1270. The maximum absolute atomic E-state index is 12.8. The molecule has 0 aliphatic carbocycles. The number of fused-ring (bicyclic) bond motifs is 1. The first-order valence-corrected chi connectivity index (χ1v) is 11.1. The molecule has 31 heavy (non-hydrogen) atoms. The van der Waals surface area contributed by atoms with Gasteiger partial charge in [0, 0.05) is 5.69 Å². The number of thiazole rings is 1. The van der Waals surface area contributed by atoms with Gasteiger partial charge in [0.1, 0.15) is 29.2 Å². The molecule has 0 unspecified atom stereocenters. The smallest absolute Gasteiger partial charge is 0.267 e. The fraction of sp³-hybridized carbons (Fsp3) is 0.0833. The zero-order chi connectivity index (χ0) is 21.2. The molecule has 1 aliphatic heterocycles. The van der Waals surface area contributed by atoms with Crippen LogP contribution >= 0.6 is 23.6 Å². The molecular formula is C24H19N3O2S2. The normalized spacial score (nSPS) is 15.0. The summed E-state index contributed by atoms with van der Waals surface area (Å²) in [7, 11) is 0. The van der Waals surface area contributed by atoms with E-state index in [1.54, 1.807) is 0 Å². The molecule has 2 N–H and O–H groups in total. The minimum Gasteiger partial charge on any atom is -0.489 e. The Labute approximate surface area is 188 Å². The lowest BCUT2D eigenvalue weighted by atomic mass is 10.1. The summed E-state index contributed by atoms with van der Waals surface area (Å²) in [6.45, 7) is 0.509. The first kappa shape index (κ1) is 19.5. The van der Waals surface area contributed by atoms with Gasteiger partial charge in [-0.15, -0.1) is 0 Å². The van der Waals surface area contributed by atoms with E-state index in [2.05, 4.69) is 10.6 Å². The molecule has 1 aromatic heterocycles. The highest BCUT2D eigenvalue weighted by atomic mass is 32.1. The van der Waals surface area contributed by atoms with Crippen LogP contribution in [0.15, 0.2) is 84.9 Å². The third kappa shape index (κ3) is 3.97. The lowest BCUT2D eigenvalue weighted by molar-refractivity contribution is 0.0939. The first-order valence-electron chi connectivity index (χ1n) is 9.84. The van der Waals surface area contributed by atoms with Crippen molar-refractivity contribution < 1.29 is 9.53 Å². The van der Waals surface area contributed by atoms with E-state index in [1.165, 1.54) is 11.3 Å². The van der Waals surface area contributed by atoms with Gasteiger partial charge in [0.2, 0.25) is 0 Å². The lowest BCUT2D eigenvalue weighted by Crippen LogP contribution is -2.38. The predicted octanol–water partition coefficient (Wildman–Crippen LogP) is 5.70. The van der Waals surface area contributed by atoms with Crippen molar-refractivity contribution in [1.29, 1.82) is 0 Å². The van der Waals surface area contributed by atoms with E-state index in [1.807, 2.05) is 89.5 Å². The molecule has 3 aromatic carbocycles. The van der Waals surface area contributed by atoms with Crippen LogP contribution in [0, 0.1) is 3.95 Å². The Kier molecular flexibility index (Phi) is 5.28. The molecule has 7 heteroatoms. The topological polar surface area (TPSA) is 55.3 Å². The molecule has 5 nitrogen and oxygen atoms in total. The number of aromatic nitrogens is 1. The number of anilines is 1. The van der Waals surface area contributed by atoms with Crippen LogP contribution in [0.4, 0.5) is 5.82 Å². The van der Waals surface area contributed by atoms with Crippen LogP contribution in [0.5, 0.6) is 5.75 Å². The van der Waals surface area contributed by atoms with Crippen molar-refractivity contribution in [2.24, 2.45) is 0 Å². The van der Waals surface area contributed by atoms with E-state index >= 15 is 0 Å². The second kappa shape index (κ2) is 8.37. The standard InChI is InChI=1S/C24H19N3O2S2/c28-23-20-22(27(24(30)31-20)18-9-5-2-6-10-18)25-21(26-23)17-11-13-19(14-12-17)29-15-16-7-3-1-4-8-16/h1-14,21,25H,15H2,(H,26,28)/t21-/m1/s1. The molecule has 0 saturated heterocycles. The third-order valence-electron chi connectivity index (χ3n) is 5.05. The molecule has 2 heterocycles. The van der Waals surface area contributed by atoms with E-state index in [-0.39, 0.29) is 12.1 Å². The molecule has 1 amide bonds. The highest BCUT2D eigenvalue weighted by Crippen LogP contribution is 2.34. The SMILES string of the molecule is O=C1N[C@H](c2ccc(OCc3ccccc3)cc2)Nc2c1sc(=S)n2-c1ccccc1. The number of hydrogen-bond donors (Lipinski definition) is 2. The maximum atomic E-state index is 12.8. The van der Waals surface area contributed by atoms with Gasteiger partial charge in [-0.1, -0.05) is 72.0 Å². The minimum absolute atomic E-state index is 0.131. The number of amides is 1. The van der Waals surface area contributed by atoms with Crippen molar-refractivity contribution in [3.8, 4) is 11.4 Å². The number of benzene rings is 3. The molecule has 1 aliphatic rings. The van der Waals surface area contributed by atoms with Gasteiger partial charge < -0.3 is 15.4 Å². The number of ether oxygens (including phenoxy) is 1. The molecule has 0 bridgehead atoms. The van der Waals surface area contributed by atoms with Crippen molar-refractivity contribution in [2.45, 2.75) is 12.8 Å². The van der Waals surface area contributed by atoms with E-state index in [9.17, 15) is 4.79 Å². The van der Waals surface area contributed by atoms with Gasteiger partial charge >= 0.3 is 0 Å².